The van der Waals surface area contributed by atoms with Crippen LogP contribution in [0.25, 0.3) is 0 Å². The molecule has 148 valence electrons. The summed E-state index contributed by atoms with van der Waals surface area (Å²) in [4.78, 5) is 20.8. The molecule has 27 heavy (non-hydrogen) atoms. The molecule has 1 N–H and O–H groups in total. The first-order valence-electron chi connectivity index (χ1n) is 9.33. The first kappa shape index (κ1) is 24.5. The molecule has 0 aliphatic rings. The van der Waals surface area contributed by atoms with Crippen LogP contribution in [0.15, 0.2) is 72.9 Å². The molecule has 2 atom stereocenters. The van der Waals surface area contributed by atoms with Crippen LogP contribution < -0.4 is 0 Å². The van der Waals surface area contributed by atoms with Crippen molar-refractivity contribution in [3.63, 3.8) is 0 Å². The summed E-state index contributed by atoms with van der Waals surface area (Å²) in [6, 6.07) is -1.18. The quantitative estimate of drug-likeness (QED) is 0.111. The van der Waals surface area contributed by atoms with Crippen molar-refractivity contribution in [2.24, 2.45) is 0 Å². The van der Waals surface area contributed by atoms with Crippen molar-refractivity contribution in [2.75, 3.05) is 0 Å². The monoisotopic (exact) mass is 373 g/mol. The molecular formula is C22H31NO4. The van der Waals surface area contributed by atoms with Gasteiger partial charge in [-0.25, -0.2) is 0 Å². The van der Waals surface area contributed by atoms with Crippen LogP contribution in [0, 0.1) is 10.1 Å². The molecule has 0 amide bonds. The molecule has 0 aromatic rings. The Labute approximate surface area is 162 Å². The fourth-order valence-corrected chi connectivity index (χ4v) is 2.05. The van der Waals surface area contributed by atoms with Gasteiger partial charge in [0.15, 0.2) is 0 Å². The third-order valence-electron chi connectivity index (χ3n) is 3.49. The highest BCUT2D eigenvalue weighted by molar-refractivity contribution is 5.49. The summed E-state index contributed by atoms with van der Waals surface area (Å²) >= 11 is 0. The molecule has 0 aromatic carbocycles. The Morgan fingerprint density at radius 2 is 1.48 bits per heavy atom. The van der Waals surface area contributed by atoms with Crippen LogP contribution in [0.3, 0.4) is 0 Å². The smallest absolute Gasteiger partial charge is 0.260 e. The van der Waals surface area contributed by atoms with Gasteiger partial charge in [-0.15, -0.1) is 0 Å². The van der Waals surface area contributed by atoms with Crippen molar-refractivity contribution >= 4 is 6.29 Å². The number of unbranched alkanes of at least 4 members (excludes halogenated alkanes) is 1. The zero-order valence-corrected chi connectivity index (χ0v) is 16.0. The van der Waals surface area contributed by atoms with Gasteiger partial charge in [0, 0.05) is 11.3 Å². The van der Waals surface area contributed by atoms with E-state index in [2.05, 4.69) is 25.2 Å². The van der Waals surface area contributed by atoms with E-state index in [1.807, 2.05) is 24.3 Å². The first-order valence-corrected chi connectivity index (χ1v) is 9.33. The number of hydrogen-bond donors (Lipinski definition) is 1. The number of rotatable bonds is 15. The zero-order valence-electron chi connectivity index (χ0n) is 16.0. The number of aliphatic hydroxyl groups excluding tert-OH is 1. The van der Waals surface area contributed by atoms with E-state index >= 15 is 0 Å². The maximum absolute atomic E-state index is 11.1. The van der Waals surface area contributed by atoms with E-state index < -0.39 is 17.1 Å². The number of nitro groups is 1. The van der Waals surface area contributed by atoms with Crippen LogP contribution >= 0.6 is 0 Å². The highest BCUT2D eigenvalue weighted by Crippen LogP contribution is 2.04. The van der Waals surface area contributed by atoms with Gasteiger partial charge in [-0.05, 0) is 44.3 Å². The van der Waals surface area contributed by atoms with E-state index in [1.54, 1.807) is 18.2 Å². The molecule has 0 rings (SSSR count). The van der Waals surface area contributed by atoms with Gasteiger partial charge in [0.25, 0.3) is 6.04 Å². The van der Waals surface area contributed by atoms with Crippen molar-refractivity contribution in [1.29, 1.82) is 0 Å². The average molecular weight is 373 g/mol. The van der Waals surface area contributed by atoms with Gasteiger partial charge < -0.3 is 9.90 Å². The number of carbonyl (C=O) groups is 1. The lowest BCUT2D eigenvalue weighted by atomic mass is 10.1. The van der Waals surface area contributed by atoms with E-state index in [1.165, 1.54) is 12.2 Å². The summed E-state index contributed by atoms with van der Waals surface area (Å²) in [6.45, 7) is 2.10. The van der Waals surface area contributed by atoms with Gasteiger partial charge >= 0.3 is 0 Å². The van der Waals surface area contributed by atoms with Gasteiger partial charge in [0.2, 0.25) is 0 Å². The molecule has 0 aliphatic carbocycles. The Kier molecular flexibility index (Phi) is 16.6. The van der Waals surface area contributed by atoms with Crippen molar-refractivity contribution in [1.82, 2.24) is 0 Å². The summed E-state index contributed by atoms with van der Waals surface area (Å²) < 4.78 is 0. The fourth-order valence-electron chi connectivity index (χ4n) is 2.05. The Morgan fingerprint density at radius 1 is 0.852 bits per heavy atom. The largest absolute Gasteiger partial charge is 0.381 e. The summed E-state index contributed by atoms with van der Waals surface area (Å²) in [5, 5.41) is 21.1. The van der Waals surface area contributed by atoms with E-state index in [0.717, 1.165) is 25.5 Å². The van der Waals surface area contributed by atoms with E-state index in [9.17, 15) is 20.0 Å². The number of allylic oxidation sites excluding steroid dienone is 10. The van der Waals surface area contributed by atoms with E-state index in [-0.39, 0.29) is 0 Å². The van der Waals surface area contributed by atoms with Crippen molar-refractivity contribution in [2.45, 2.75) is 57.6 Å². The molecule has 0 spiro atoms. The molecule has 2 unspecified atom stereocenters. The molecule has 0 heterocycles. The summed E-state index contributed by atoms with van der Waals surface area (Å²) in [5.41, 5.74) is 0. The number of carbonyl (C=O) groups excluding carboxylic acids is 1. The predicted octanol–water partition coefficient (Wildman–Crippen LogP) is 4.89. The number of nitrogens with zero attached hydrogens (tertiary/aromatic N) is 1. The average Bonchev–Trinajstić information content (AvgIpc) is 2.65. The molecule has 0 bridgehead atoms. The molecule has 0 saturated carbocycles. The highest BCUT2D eigenvalue weighted by atomic mass is 16.6. The van der Waals surface area contributed by atoms with Crippen molar-refractivity contribution in [3.8, 4) is 0 Å². The number of aliphatic hydroxyl groups is 1. The van der Waals surface area contributed by atoms with Gasteiger partial charge in [0.05, 0.1) is 0 Å². The van der Waals surface area contributed by atoms with Gasteiger partial charge in [0.1, 0.15) is 12.4 Å². The minimum absolute atomic E-state index is 0.473. The van der Waals surface area contributed by atoms with Gasteiger partial charge in [-0.1, -0.05) is 67.7 Å². The lowest BCUT2D eigenvalue weighted by Gasteiger charge is -2.08. The SMILES string of the molecule is CC/C=C\C/C=C\C/C=C\C=C/C(O)C(/C=C\C/C=C\CCC=O)[N+](=O)[O-]. The number of aldehydes is 1. The number of hydrogen-bond acceptors (Lipinski definition) is 4. The molecule has 5 nitrogen and oxygen atoms in total. The molecule has 0 fully saturated rings. The second kappa shape index (κ2) is 18.3. The van der Waals surface area contributed by atoms with Crippen molar-refractivity contribution < 1.29 is 14.8 Å². The first-order chi connectivity index (χ1) is 13.1. The third-order valence-corrected chi connectivity index (χ3v) is 3.49. The predicted molar refractivity (Wildman–Crippen MR) is 111 cm³/mol. The topological polar surface area (TPSA) is 80.4 Å². The second-order valence-corrected chi connectivity index (χ2v) is 5.78. The minimum Gasteiger partial charge on any atom is -0.381 e. The molecule has 0 aromatic heterocycles. The molecule has 5 heteroatoms. The second-order valence-electron chi connectivity index (χ2n) is 5.78. The van der Waals surface area contributed by atoms with Crippen LogP contribution in [0.1, 0.15) is 45.4 Å². The maximum Gasteiger partial charge on any atom is 0.260 e. The Morgan fingerprint density at radius 3 is 2.15 bits per heavy atom. The standard InChI is InChI=1S/C22H31NO4/c1-2-3-4-5-6-7-8-9-13-16-19-22(25)21(23(26)27)18-15-12-10-11-14-17-20-24/h3-4,6-7,9-11,13,15-16,18-22,25H,2,5,8,12,14,17H2,1H3/b4-3-,7-6-,11-10-,13-9-,18-15-,19-16-. The molecule has 0 aliphatic heterocycles. The Hall–Kier alpha value is -2.53. The molecule has 0 saturated heterocycles. The van der Waals surface area contributed by atoms with Crippen LogP contribution in [0.2, 0.25) is 0 Å². The summed E-state index contributed by atoms with van der Waals surface area (Å²) in [7, 11) is 0. The fraction of sp³-hybridized carbons (Fsp3) is 0.409. The zero-order chi connectivity index (χ0) is 20.2. The maximum atomic E-state index is 11.1. The lowest BCUT2D eigenvalue weighted by Crippen LogP contribution is -2.30. The summed E-state index contributed by atoms with van der Waals surface area (Å²) in [5.74, 6) is 0. The third kappa shape index (κ3) is 15.4. The van der Waals surface area contributed by atoms with Crippen LogP contribution in [0.5, 0.6) is 0 Å². The van der Waals surface area contributed by atoms with Crippen LogP contribution in [-0.4, -0.2) is 28.5 Å². The minimum atomic E-state index is -1.19. The lowest BCUT2D eigenvalue weighted by molar-refractivity contribution is -0.518. The molecular weight excluding hydrogens is 342 g/mol. The highest BCUT2D eigenvalue weighted by Gasteiger charge is 2.23. The van der Waals surface area contributed by atoms with E-state index in [0.29, 0.717) is 19.3 Å². The van der Waals surface area contributed by atoms with Gasteiger partial charge in [-0.2, -0.15) is 0 Å². The normalized spacial score (nSPS) is 15.2. The van der Waals surface area contributed by atoms with Gasteiger partial charge in [-0.3, -0.25) is 10.1 Å². The summed E-state index contributed by atoms with van der Waals surface area (Å²) in [6.07, 6.45) is 25.9. The Bertz CT molecular complexity index is 571. The van der Waals surface area contributed by atoms with Crippen LogP contribution in [0.4, 0.5) is 0 Å². The van der Waals surface area contributed by atoms with Crippen LogP contribution in [-0.2, 0) is 4.79 Å². The Balaban J connectivity index is 4.31. The molecule has 0 radical (unpaired) electrons. The van der Waals surface area contributed by atoms with E-state index in [4.69, 9.17) is 0 Å². The van der Waals surface area contributed by atoms with Crippen molar-refractivity contribution in [3.05, 3.63) is 83.0 Å².